The summed E-state index contributed by atoms with van der Waals surface area (Å²) < 4.78 is 5.67. The summed E-state index contributed by atoms with van der Waals surface area (Å²) in [7, 11) is 0. The van der Waals surface area contributed by atoms with E-state index in [4.69, 9.17) is 4.42 Å². The first kappa shape index (κ1) is 14.3. The van der Waals surface area contributed by atoms with Crippen LogP contribution in [0.3, 0.4) is 0 Å². The van der Waals surface area contributed by atoms with Gasteiger partial charge < -0.3 is 14.8 Å². The minimum atomic E-state index is -0.225. The Balaban J connectivity index is 2.32. The van der Waals surface area contributed by atoms with Gasteiger partial charge in [-0.2, -0.15) is 0 Å². The maximum Gasteiger partial charge on any atom is 0.120 e. The number of hydrogen-bond donors (Lipinski definition) is 2. The summed E-state index contributed by atoms with van der Waals surface area (Å²) in [5.41, 5.74) is 0. The second-order valence-electron chi connectivity index (χ2n) is 4.93. The Morgan fingerprint density at radius 1 is 1.29 bits per heavy atom. The van der Waals surface area contributed by atoms with Crippen LogP contribution in [0.4, 0.5) is 0 Å². The fourth-order valence-electron chi connectivity index (χ4n) is 1.70. The molecule has 1 rings (SSSR count). The highest BCUT2D eigenvalue weighted by Gasteiger charge is 2.12. The molecule has 0 saturated carbocycles. The third-order valence-electron chi connectivity index (χ3n) is 3.12. The zero-order chi connectivity index (χ0) is 12.8. The molecule has 0 radical (unpaired) electrons. The van der Waals surface area contributed by atoms with Crippen molar-refractivity contribution in [2.45, 2.75) is 52.7 Å². The van der Waals surface area contributed by atoms with Crippen LogP contribution in [0.1, 0.15) is 51.7 Å². The Labute approximate surface area is 104 Å². The molecule has 3 heteroatoms. The average molecular weight is 239 g/mol. The van der Waals surface area contributed by atoms with Crippen molar-refractivity contribution in [3.63, 3.8) is 0 Å². The molecule has 1 aromatic heterocycles. The lowest BCUT2D eigenvalue weighted by Crippen LogP contribution is -2.25. The number of furan rings is 1. The van der Waals surface area contributed by atoms with Gasteiger partial charge in [-0.1, -0.05) is 20.8 Å². The number of nitrogens with one attached hydrogen (secondary N) is 1. The summed E-state index contributed by atoms with van der Waals surface area (Å²) in [6, 6.07) is 4.25. The standard InChI is InChI=1S/C14H25NO2/c1-5-12-6-7-14(17-12)11(4)15-9-8-13(16)10(2)3/h6-7,10-11,13,15-16H,5,8-9H2,1-4H3. The number of aryl methyl sites for hydroxylation is 1. The molecule has 2 N–H and O–H groups in total. The van der Waals surface area contributed by atoms with Gasteiger partial charge in [-0.25, -0.2) is 0 Å². The van der Waals surface area contributed by atoms with Crippen LogP contribution >= 0.6 is 0 Å². The number of aliphatic hydroxyl groups excluding tert-OH is 1. The van der Waals surface area contributed by atoms with E-state index in [0.717, 1.165) is 30.9 Å². The van der Waals surface area contributed by atoms with E-state index in [0.29, 0.717) is 5.92 Å². The van der Waals surface area contributed by atoms with E-state index in [-0.39, 0.29) is 12.1 Å². The molecule has 0 saturated heterocycles. The largest absolute Gasteiger partial charge is 0.464 e. The summed E-state index contributed by atoms with van der Waals surface area (Å²) in [6.45, 7) is 9.05. The van der Waals surface area contributed by atoms with Gasteiger partial charge in [0.1, 0.15) is 11.5 Å². The Morgan fingerprint density at radius 3 is 2.53 bits per heavy atom. The van der Waals surface area contributed by atoms with Gasteiger partial charge in [-0.3, -0.25) is 0 Å². The van der Waals surface area contributed by atoms with Gasteiger partial charge in [-0.15, -0.1) is 0 Å². The van der Waals surface area contributed by atoms with Crippen LogP contribution in [0.15, 0.2) is 16.5 Å². The van der Waals surface area contributed by atoms with Gasteiger partial charge in [0.15, 0.2) is 0 Å². The van der Waals surface area contributed by atoms with Gasteiger partial charge in [0.25, 0.3) is 0 Å². The molecular weight excluding hydrogens is 214 g/mol. The van der Waals surface area contributed by atoms with Crippen LogP contribution in [-0.4, -0.2) is 17.8 Å². The number of hydrogen-bond acceptors (Lipinski definition) is 3. The number of aliphatic hydroxyl groups is 1. The van der Waals surface area contributed by atoms with Crippen molar-refractivity contribution < 1.29 is 9.52 Å². The highest BCUT2D eigenvalue weighted by Crippen LogP contribution is 2.16. The summed E-state index contributed by atoms with van der Waals surface area (Å²) in [5.74, 6) is 2.32. The second kappa shape index (κ2) is 6.82. The monoisotopic (exact) mass is 239 g/mol. The zero-order valence-corrected chi connectivity index (χ0v) is 11.4. The fraction of sp³-hybridized carbons (Fsp3) is 0.714. The molecule has 98 valence electrons. The van der Waals surface area contributed by atoms with Gasteiger partial charge in [0, 0.05) is 6.42 Å². The summed E-state index contributed by atoms with van der Waals surface area (Å²) in [4.78, 5) is 0. The molecule has 0 bridgehead atoms. The van der Waals surface area contributed by atoms with Crippen molar-refractivity contribution in [3.05, 3.63) is 23.7 Å². The predicted molar refractivity (Wildman–Crippen MR) is 70.0 cm³/mol. The molecular formula is C14H25NO2. The van der Waals surface area contributed by atoms with Crippen LogP contribution in [0.2, 0.25) is 0 Å². The van der Waals surface area contributed by atoms with Crippen LogP contribution < -0.4 is 5.32 Å². The molecule has 1 heterocycles. The summed E-state index contributed by atoms with van der Waals surface area (Å²) in [5, 5.41) is 13.1. The molecule has 2 unspecified atom stereocenters. The van der Waals surface area contributed by atoms with E-state index in [9.17, 15) is 5.11 Å². The zero-order valence-electron chi connectivity index (χ0n) is 11.4. The first-order chi connectivity index (χ1) is 8.04. The van der Waals surface area contributed by atoms with E-state index in [2.05, 4.69) is 19.2 Å². The molecule has 17 heavy (non-hydrogen) atoms. The molecule has 0 amide bonds. The van der Waals surface area contributed by atoms with Gasteiger partial charge in [-0.05, 0) is 37.9 Å². The molecule has 0 aliphatic carbocycles. The molecule has 0 aliphatic rings. The maximum absolute atomic E-state index is 9.69. The fourth-order valence-corrected chi connectivity index (χ4v) is 1.70. The van der Waals surface area contributed by atoms with Crippen LogP contribution in [0.5, 0.6) is 0 Å². The normalized spacial score (nSPS) is 15.2. The molecule has 0 aliphatic heterocycles. The number of rotatable bonds is 7. The molecule has 2 atom stereocenters. The van der Waals surface area contributed by atoms with E-state index in [1.165, 1.54) is 0 Å². The molecule has 0 fully saturated rings. The minimum Gasteiger partial charge on any atom is -0.464 e. The quantitative estimate of drug-likeness (QED) is 0.769. The third-order valence-corrected chi connectivity index (χ3v) is 3.12. The molecule has 0 aromatic carbocycles. The lowest BCUT2D eigenvalue weighted by atomic mass is 10.0. The molecule has 1 aromatic rings. The van der Waals surface area contributed by atoms with Crippen molar-refractivity contribution in [3.8, 4) is 0 Å². The predicted octanol–water partition coefficient (Wildman–Crippen LogP) is 2.90. The van der Waals surface area contributed by atoms with E-state index in [1.807, 2.05) is 26.0 Å². The Morgan fingerprint density at radius 2 is 2.00 bits per heavy atom. The van der Waals surface area contributed by atoms with Gasteiger partial charge >= 0.3 is 0 Å². The smallest absolute Gasteiger partial charge is 0.120 e. The summed E-state index contributed by atoms with van der Waals surface area (Å²) >= 11 is 0. The van der Waals surface area contributed by atoms with Crippen LogP contribution in [0.25, 0.3) is 0 Å². The highest BCUT2D eigenvalue weighted by molar-refractivity contribution is 5.10. The van der Waals surface area contributed by atoms with Crippen molar-refractivity contribution >= 4 is 0 Å². The maximum atomic E-state index is 9.69. The van der Waals surface area contributed by atoms with Crippen LogP contribution in [-0.2, 0) is 6.42 Å². The van der Waals surface area contributed by atoms with Crippen molar-refractivity contribution in [2.75, 3.05) is 6.54 Å². The molecule has 0 spiro atoms. The minimum absolute atomic E-state index is 0.203. The highest BCUT2D eigenvalue weighted by atomic mass is 16.3. The van der Waals surface area contributed by atoms with Crippen LogP contribution in [0, 0.1) is 5.92 Å². The second-order valence-corrected chi connectivity index (χ2v) is 4.93. The van der Waals surface area contributed by atoms with Gasteiger partial charge in [0.05, 0.1) is 12.1 Å². The van der Waals surface area contributed by atoms with E-state index in [1.54, 1.807) is 0 Å². The first-order valence-corrected chi connectivity index (χ1v) is 6.54. The van der Waals surface area contributed by atoms with E-state index < -0.39 is 0 Å². The Kier molecular flexibility index (Phi) is 5.72. The Bertz CT molecular complexity index is 320. The van der Waals surface area contributed by atoms with Crippen molar-refractivity contribution in [1.82, 2.24) is 5.32 Å². The summed E-state index contributed by atoms with van der Waals surface area (Å²) in [6.07, 6.45) is 1.49. The van der Waals surface area contributed by atoms with E-state index >= 15 is 0 Å². The average Bonchev–Trinajstić information content (AvgIpc) is 2.77. The lowest BCUT2D eigenvalue weighted by Gasteiger charge is -2.16. The SMILES string of the molecule is CCc1ccc(C(C)NCCC(O)C(C)C)o1. The first-order valence-electron chi connectivity index (χ1n) is 6.54. The topological polar surface area (TPSA) is 45.4 Å². The van der Waals surface area contributed by atoms with Crippen molar-refractivity contribution in [1.29, 1.82) is 0 Å². The van der Waals surface area contributed by atoms with Crippen molar-refractivity contribution in [2.24, 2.45) is 5.92 Å². The van der Waals surface area contributed by atoms with Gasteiger partial charge in [0.2, 0.25) is 0 Å². The Hall–Kier alpha value is -0.800. The third kappa shape index (κ3) is 4.52. The molecule has 3 nitrogen and oxygen atoms in total. The lowest BCUT2D eigenvalue weighted by molar-refractivity contribution is 0.115.